The van der Waals surface area contributed by atoms with Crippen LogP contribution >= 0.6 is 0 Å². The Hall–Kier alpha value is -0.560. The monoisotopic (exact) mass is 1010 g/mol. The highest BCUT2D eigenvalue weighted by atomic mass is 16.6. The quantitative estimate of drug-likeness (QED) is 0.179. The van der Waals surface area contributed by atoms with Gasteiger partial charge in [-0.05, 0) is 41.4 Å². The van der Waals surface area contributed by atoms with Crippen LogP contribution in [-0.2, 0) is 56.8 Å². The molecule has 1 saturated heterocycles. The Morgan fingerprint density at radius 2 is 0.657 bits per heavy atom. The molecule has 14 heteroatoms. The highest BCUT2D eigenvalue weighted by molar-refractivity contribution is 4.86. The second-order valence-corrected chi connectivity index (χ2v) is 27.0. The molecule has 0 aromatic carbocycles. The molecule has 2 N–H and O–H groups in total. The lowest BCUT2D eigenvalue weighted by Crippen LogP contribution is -2.41. The topological polar surface area (TPSA) is 151 Å². The van der Waals surface area contributed by atoms with Crippen LogP contribution in [0.25, 0.3) is 0 Å². The number of aliphatic hydroxyl groups is 2. The van der Waals surface area contributed by atoms with Gasteiger partial charge in [-0.25, -0.2) is 0 Å². The fourth-order valence-electron chi connectivity index (χ4n) is 9.61. The van der Waals surface area contributed by atoms with E-state index in [-0.39, 0.29) is 64.3 Å². The lowest BCUT2D eigenvalue weighted by atomic mass is 9.74. The fourth-order valence-corrected chi connectivity index (χ4v) is 9.61. The minimum Gasteiger partial charge on any atom is -0.396 e. The van der Waals surface area contributed by atoms with Gasteiger partial charge in [0.25, 0.3) is 0 Å². The molecule has 0 amide bonds. The molecule has 0 spiro atoms. The maximum Gasteiger partial charge on any atom is 0.0701 e. The minimum absolute atomic E-state index is 0.0323. The first-order valence-electron chi connectivity index (χ1n) is 26.6. The Morgan fingerprint density at radius 3 is 1.01 bits per heavy atom. The summed E-state index contributed by atoms with van der Waals surface area (Å²) in [6, 6.07) is 0. The van der Waals surface area contributed by atoms with Crippen LogP contribution in [0, 0.1) is 54.7 Å². The van der Waals surface area contributed by atoms with Gasteiger partial charge in [-0.15, -0.1) is 0 Å². The smallest absolute Gasteiger partial charge is 0.0701 e. The van der Waals surface area contributed by atoms with E-state index in [0.717, 1.165) is 19.3 Å². The van der Waals surface area contributed by atoms with Gasteiger partial charge in [-0.3, -0.25) is 0 Å². The van der Waals surface area contributed by atoms with Crippen LogP contribution in [0.5, 0.6) is 0 Å². The third kappa shape index (κ3) is 32.7. The average Bonchev–Trinajstić information content (AvgIpc) is 3.21. The first kappa shape index (κ1) is 67.5. The summed E-state index contributed by atoms with van der Waals surface area (Å²) in [5, 5.41) is 19.5. The minimum atomic E-state index is -0.617. The number of rotatable bonds is 12. The molecule has 0 aromatic rings. The summed E-state index contributed by atoms with van der Waals surface area (Å²) >= 11 is 0. The van der Waals surface area contributed by atoms with Gasteiger partial charge in [-0.2, -0.15) is 0 Å². The Bertz CT molecular complexity index is 1320. The van der Waals surface area contributed by atoms with Crippen LogP contribution in [0.15, 0.2) is 0 Å². The lowest BCUT2D eigenvalue weighted by Gasteiger charge is -2.40. The van der Waals surface area contributed by atoms with E-state index in [1.165, 1.54) is 0 Å². The van der Waals surface area contributed by atoms with E-state index in [1.54, 1.807) is 0 Å². The molecule has 1 aliphatic heterocycles. The van der Waals surface area contributed by atoms with E-state index in [2.05, 4.69) is 111 Å². The standard InChI is InChI=1S/C56H112O14/c1-47(2)56(17)45-66-29-24-61-22-27-63-35-52(13,31-49(6,7)8)37-68-39-53(14,32-50(9,10)11)38-67-36-51(12,30-48(3,4)5)34-62-26-21-60-23-28-64-40-54(15,33-58)41-69-43-55(16,44-70-46-56)42-65-25-20-59-19-18-57/h47,57-58H,18-46H2,1-17H3. The molecule has 70 heavy (non-hydrogen) atoms. The number of hydrogen-bond donors (Lipinski definition) is 2. The van der Waals surface area contributed by atoms with Crippen molar-refractivity contribution in [2.45, 2.75) is 137 Å². The number of aliphatic hydroxyl groups excluding tert-OH is 2. The summed E-state index contributed by atoms with van der Waals surface area (Å²) in [5.74, 6) is 0.292. The molecule has 0 aliphatic carbocycles. The predicted octanol–water partition coefficient (Wildman–Crippen LogP) is 9.19. The van der Waals surface area contributed by atoms with Crippen LogP contribution in [-0.4, -0.2) is 182 Å². The molecular weight excluding hydrogens is 897 g/mol. The van der Waals surface area contributed by atoms with Crippen molar-refractivity contribution in [3.63, 3.8) is 0 Å². The Labute approximate surface area is 429 Å². The number of hydrogen-bond acceptors (Lipinski definition) is 14. The molecule has 14 nitrogen and oxygen atoms in total. The molecule has 420 valence electrons. The zero-order valence-electron chi connectivity index (χ0n) is 48.4. The molecule has 0 bridgehead atoms. The Balaban J connectivity index is 3.20. The van der Waals surface area contributed by atoms with Crippen molar-refractivity contribution in [1.82, 2.24) is 0 Å². The van der Waals surface area contributed by atoms with E-state index in [4.69, 9.17) is 61.9 Å². The number of ether oxygens (including phenoxy) is 12. The van der Waals surface area contributed by atoms with Crippen molar-refractivity contribution >= 4 is 0 Å². The molecule has 1 fully saturated rings. The van der Waals surface area contributed by atoms with Crippen molar-refractivity contribution < 1.29 is 67.1 Å². The first-order chi connectivity index (χ1) is 32.4. The normalized spacial score (nSPS) is 31.9. The summed E-state index contributed by atoms with van der Waals surface area (Å²) in [5.41, 5.74) is -1.65. The first-order valence-corrected chi connectivity index (χ1v) is 26.6. The summed E-state index contributed by atoms with van der Waals surface area (Å²) in [4.78, 5) is 0. The highest BCUT2D eigenvalue weighted by Crippen LogP contribution is 2.39. The molecule has 1 rings (SSSR count). The fraction of sp³-hybridized carbons (Fsp3) is 1.00. The summed E-state index contributed by atoms with van der Waals surface area (Å²) in [6.45, 7) is 48.7. The zero-order chi connectivity index (χ0) is 53.1. The molecular formula is C56H112O14. The van der Waals surface area contributed by atoms with Gasteiger partial charge < -0.3 is 67.1 Å². The zero-order valence-corrected chi connectivity index (χ0v) is 48.4. The summed E-state index contributed by atoms with van der Waals surface area (Å²) in [6.07, 6.45) is 2.85. The largest absolute Gasteiger partial charge is 0.396 e. The maximum absolute atomic E-state index is 10.4. The second-order valence-electron chi connectivity index (χ2n) is 27.0. The van der Waals surface area contributed by atoms with Gasteiger partial charge in [0.2, 0.25) is 0 Å². The van der Waals surface area contributed by atoms with Crippen LogP contribution < -0.4 is 0 Å². The van der Waals surface area contributed by atoms with Gasteiger partial charge in [0.05, 0.1) is 172 Å². The molecule has 0 aromatic heterocycles. The van der Waals surface area contributed by atoms with Crippen molar-refractivity contribution in [2.24, 2.45) is 54.7 Å². The van der Waals surface area contributed by atoms with Crippen LogP contribution in [0.3, 0.4) is 0 Å². The SMILES string of the molecule is CC(C)C1(C)COCCOCCOCC(C)(CC(C)(C)C)COCC(C)(CC(C)(C)C)COCC(C)(CC(C)(C)C)COCCOCCOCC(C)(CO)COCC(C)(COCCOCCO)COC1. The summed E-state index contributed by atoms with van der Waals surface area (Å²) in [7, 11) is 0. The van der Waals surface area contributed by atoms with E-state index in [9.17, 15) is 5.11 Å². The van der Waals surface area contributed by atoms with Gasteiger partial charge in [0.1, 0.15) is 0 Å². The van der Waals surface area contributed by atoms with E-state index in [1.807, 2.05) is 6.92 Å². The third-order valence-electron chi connectivity index (χ3n) is 12.6. The molecule has 6 unspecified atom stereocenters. The van der Waals surface area contributed by atoms with Gasteiger partial charge >= 0.3 is 0 Å². The van der Waals surface area contributed by atoms with Crippen molar-refractivity contribution in [1.29, 1.82) is 0 Å². The Kier molecular flexibility index (Phi) is 31.6. The van der Waals surface area contributed by atoms with Crippen molar-refractivity contribution in [3.05, 3.63) is 0 Å². The molecule has 0 radical (unpaired) electrons. The predicted molar refractivity (Wildman–Crippen MR) is 280 cm³/mol. The van der Waals surface area contributed by atoms with Crippen LogP contribution in [0.2, 0.25) is 0 Å². The van der Waals surface area contributed by atoms with Crippen molar-refractivity contribution in [2.75, 3.05) is 172 Å². The van der Waals surface area contributed by atoms with Crippen LogP contribution in [0.1, 0.15) is 137 Å². The molecule has 6 atom stereocenters. The van der Waals surface area contributed by atoms with Crippen molar-refractivity contribution in [3.8, 4) is 0 Å². The third-order valence-corrected chi connectivity index (χ3v) is 12.6. The van der Waals surface area contributed by atoms with E-state index in [0.29, 0.717) is 151 Å². The maximum atomic E-state index is 10.4. The molecule has 1 heterocycles. The average molecular weight is 1010 g/mol. The second kappa shape index (κ2) is 32.8. The molecule has 0 saturated carbocycles. The van der Waals surface area contributed by atoms with Gasteiger partial charge in [0.15, 0.2) is 0 Å². The van der Waals surface area contributed by atoms with E-state index >= 15 is 0 Å². The highest BCUT2D eigenvalue weighted by Gasteiger charge is 2.38. The van der Waals surface area contributed by atoms with Crippen LogP contribution in [0.4, 0.5) is 0 Å². The lowest BCUT2D eigenvalue weighted by molar-refractivity contribution is -0.113. The van der Waals surface area contributed by atoms with Gasteiger partial charge in [0, 0.05) is 32.5 Å². The van der Waals surface area contributed by atoms with E-state index < -0.39 is 10.8 Å². The van der Waals surface area contributed by atoms with Gasteiger partial charge in [-0.1, -0.05) is 118 Å². The summed E-state index contributed by atoms with van der Waals surface area (Å²) < 4.78 is 74.4. The Morgan fingerprint density at radius 1 is 0.371 bits per heavy atom. The molecule has 1 aliphatic rings.